The number of nitrogens with zero attached hydrogens (tertiary/aromatic N) is 5. The number of carbonyl (C=O) groups is 1. The average Bonchev–Trinajstić information content (AvgIpc) is 3.12. The third-order valence-electron chi connectivity index (χ3n) is 4.69. The maximum Gasteiger partial charge on any atom is 0.259 e. The number of carbonyl (C=O) groups excluding carboxylic acids is 1. The van der Waals surface area contributed by atoms with Gasteiger partial charge in [-0.05, 0) is 25.1 Å². The van der Waals surface area contributed by atoms with E-state index in [4.69, 9.17) is 9.26 Å². The van der Waals surface area contributed by atoms with Gasteiger partial charge in [0, 0.05) is 31.9 Å². The summed E-state index contributed by atoms with van der Waals surface area (Å²) >= 11 is 0. The Labute approximate surface area is 150 Å². The van der Waals surface area contributed by atoms with E-state index in [1.807, 2.05) is 23.1 Å². The minimum absolute atomic E-state index is 0.0306. The second-order valence-electron chi connectivity index (χ2n) is 6.16. The van der Waals surface area contributed by atoms with Crippen LogP contribution in [0.5, 0.6) is 5.88 Å². The summed E-state index contributed by atoms with van der Waals surface area (Å²) in [6.07, 6.45) is 2.98. The van der Waals surface area contributed by atoms with Gasteiger partial charge in [-0.1, -0.05) is 5.16 Å². The molecule has 3 heterocycles. The number of rotatable bonds is 3. The lowest BCUT2D eigenvalue weighted by Gasteiger charge is -2.36. The topological polar surface area (TPSA) is 84.6 Å². The van der Waals surface area contributed by atoms with Gasteiger partial charge in [0.15, 0.2) is 0 Å². The van der Waals surface area contributed by atoms with E-state index in [0.717, 1.165) is 29.7 Å². The number of hydrogen-bond donors (Lipinski definition) is 0. The molecule has 1 aliphatic heterocycles. The normalized spacial score (nSPS) is 14.7. The van der Waals surface area contributed by atoms with Crippen molar-refractivity contribution in [2.75, 3.05) is 38.2 Å². The van der Waals surface area contributed by atoms with Crippen LogP contribution in [0, 0.1) is 6.92 Å². The molecule has 3 aromatic rings. The molecule has 8 heteroatoms. The van der Waals surface area contributed by atoms with Crippen LogP contribution in [0.15, 0.2) is 35.2 Å². The van der Waals surface area contributed by atoms with Gasteiger partial charge in [0.05, 0.1) is 24.2 Å². The van der Waals surface area contributed by atoms with Crippen LogP contribution in [-0.4, -0.2) is 59.2 Å². The highest BCUT2D eigenvalue weighted by molar-refractivity contribution is 5.95. The Kier molecular flexibility index (Phi) is 4.16. The zero-order valence-electron chi connectivity index (χ0n) is 14.7. The van der Waals surface area contributed by atoms with Gasteiger partial charge < -0.3 is 19.1 Å². The minimum Gasteiger partial charge on any atom is -0.480 e. The van der Waals surface area contributed by atoms with Gasteiger partial charge in [0.2, 0.25) is 5.88 Å². The van der Waals surface area contributed by atoms with Crippen molar-refractivity contribution in [2.24, 2.45) is 0 Å². The molecule has 8 nitrogen and oxygen atoms in total. The summed E-state index contributed by atoms with van der Waals surface area (Å²) in [4.78, 5) is 25.1. The van der Waals surface area contributed by atoms with Gasteiger partial charge in [-0.25, -0.2) is 9.97 Å². The van der Waals surface area contributed by atoms with Crippen molar-refractivity contribution in [2.45, 2.75) is 6.92 Å². The molecule has 0 aliphatic carbocycles. The quantitative estimate of drug-likeness (QED) is 0.711. The van der Waals surface area contributed by atoms with Gasteiger partial charge >= 0.3 is 0 Å². The van der Waals surface area contributed by atoms with E-state index in [1.54, 1.807) is 14.0 Å². The molecule has 0 saturated carbocycles. The fourth-order valence-electron chi connectivity index (χ4n) is 3.22. The number of hydrogen-bond acceptors (Lipinski definition) is 7. The van der Waals surface area contributed by atoms with Gasteiger partial charge in [-0.2, -0.15) is 0 Å². The molecule has 1 aromatic carbocycles. The summed E-state index contributed by atoms with van der Waals surface area (Å²) in [5.41, 5.74) is 2.45. The molecule has 0 atom stereocenters. The summed E-state index contributed by atoms with van der Waals surface area (Å²) in [7, 11) is 1.60. The molecular weight excluding hydrogens is 334 g/mol. The smallest absolute Gasteiger partial charge is 0.259 e. The highest BCUT2D eigenvalue weighted by atomic mass is 16.5. The van der Waals surface area contributed by atoms with Gasteiger partial charge in [0.1, 0.15) is 17.7 Å². The van der Waals surface area contributed by atoms with Crippen LogP contribution in [0.25, 0.3) is 10.9 Å². The minimum atomic E-state index is -0.0306. The summed E-state index contributed by atoms with van der Waals surface area (Å²) in [6.45, 7) is 4.53. The number of ether oxygens (including phenoxy) is 1. The first kappa shape index (κ1) is 16.3. The lowest BCUT2D eigenvalue weighted by Crippen LogP contribution is -2.48. The Morgan fingerprint density at radius 3 is 2.69 bits per heavy atom. The number of fused-ring (bicyclic) bond motifs is 1. The Hall–Kier alpha value is -3.16. The van der Waals surface area contributed by atoms with Gasteiger partial charge in [-0.15, -0.1) is 0 Å². The molecule has 1 fully saturated rings. The molecule has 1 amide bonds. The summed E-state index contributed by atoms with van der Waals surface area (Å²) in [5, 5.41) is 4.57. The summed E-state index contributed by atoms with van der Waals surface area (Å²) < 4.78 is 10.3. The molecule has 0 bridgehead atoms. The van der Waals surface area contributed by atoms with Gasteiger partial charge in [-0.3, -0.25) is 4.79 Å². The first-order chi connectivity index (χ1) is 12.7. The SMILES string of the molecule is COc1ncnc2ccc(N3CCN(C(=O)c4cnoc4C)CC3)cc12. The van der Waals surface area contributed by atoms with Crippen LogP contribution < -0.4 is 9.64 Å². The average molecular weight is 353 g/mol. The van der Waals surface area contributed by atoms with E-state index < -0.39 is 0 Å². The number of aromatic nitrogens is 3. The number of piperazine rings is 1. The Morgan fingerprint density at radius 2 is 2.00 bits per heavy atom. The van der Waals surface area contributed by atoms with E-state index in [1.165, 1.54) is 12.5 Å². The van der Waals surface area contributed by atoms with Crippen molar-refractivity contribution in [1.82, 2.24) is 20.0 Å². The third kappa shape index (κ3) is 2.83. The van der Waals surface area contributed by atoms with Gasteiger partial charge in [0.25, 0.3) is 5.91 Å². The fraction of sp³-hybridized carbons (Fsp3) is 0.333. The van der Waals surface area contributed by atoms with Crippen molar-refractivity contribution >= 4 is 22.5 Å². The maximum absolute atomic E-state index is 12.6. The van der Waals surface area contributed by atoms with E-state index in [9.17, 15) is 4.79 Å². The Balaban J connectivity index is 1.50. The predicted octanol–water partition coefficient (Wildman–Crippen LogP) is 1.90. The summed E-state index contributed by atoms with van der Waals surface area (Å²) in [5.74, 6) is 1.09. The van der Waals surface area contributed by atoms with Crippen LogP contribution in [0.4, 0.5) is 5.69 Å². The molecule has 0 N–H and O–H groups in total. The summed E-state index contributed by atoms with van der Waals surface area (Å²) in [6, 6.07) is 6.04. The number of aryl methyl sites for hydroxylation is 1. The van der Waals surface area contributed by atoms with E-state index in [2.05, 4.69) is 20.0 Å². The molecule has 0 radical (unpaired) electrons. The predicted molar refractivity (Wildman–Crippen MR) is 95.4 cm³/mol. The first-order valence-electron chi connectivity index (χ1n) is 8.41. The van der Waals surface area contributed by atoms with Crippen molar-refractivity contribution in [3.63, 3.8) is 0 Å². The van der Waals surface area contributed by atoms with Crippen molar-refractivity contribution < 1.29 is 14.1 Å². The third-order valence-corrected chi connectivity index (χ3v) is 4.69. The van der Waals surface area contributed by atoms with Crippen LogP contribution in [0.1, 0.15) is 16.1 Å². The number of benzene rings is 1. The molecular formula is C18H19N5O3. The monoisotopic (exact) mass is 353 g/mol. The maximum atomic E-state index is 12.6. The lowest BCUT2D eigenvalue weighted by atomic mass is 10.1. The number of anilines is 1. The number of amides is 1. The van der Waals surface area contributed by atoms with Crippen LogP contribution in [0.2, 0.25) is 0 Å². The van der Waals surface area contributed by atoms with E-state index in [0.29, 0.717) is 30.3 Å². The highest BCUT2D eigenvalue weighted by Gasteiger charge is 2.25. The van der Waals surface area contributed by atoms with Crippen molar-refractivity contribution in [3.8, 4) is 5.88 Å². The zero-order chi connectivity index (χ0) is 18.1. The molecule has 4 rings (SSSR count). The Bertz CT molecular complexity index is 947. The molecule has 1 saturated heterocycles. The highest BCUT2D eigenvalue weighted by Crippen LogP contribution is 2.27. The number of methoxy groups -OCH3 is 1. The Morgan fingerprint density at radius 1 is 1.19 bits per heavy atom. The molecule has 2 aromatic heterocycles. The van der Waals surface area contributed by atoms with E-state index in [-0.39, 0.29) is 5.91 Å². The lowest BCUT2D eigenvalue weighted by molar-refractivity contribution is 0.0745. The molecule has 26 heavy (non-hydrogen) atoms. The zero-order valence-corrected chi connectivity index (χ0v) is 14.7. The molecule has 0 unspecified atom stereocenters. The second-order valence-corrected chi connectivity index (χ2v) is 6.16. The largest absolute Gasteiger partial charge is 0.480 e. The molecule has 0 spiro atoms. The van der Waals surface area contributed by atoms with Crippen LogP contribution >= 0.6 is 0 Å². The van der Waals surface area contributed by atoms with E-state index >= 15 is 0 Å². The van der Waals surface area contributed by atoms with Crippen molar-refractivity contribution in [3.05, 3.63) is 42.0 Å². The van der Waals surface area contributed by atoms with Crippen LogP contribution in [-0.2, 0) is 0 Å². The van der Waals surface area contributed by atoms with Crippen molar-refractivity contribution in [1.29, 1.82) is 0 Å². The molecule has 1 aliphatic rings. The second kappa shape index (κ2) is 6.62. The standard InChI is InChI=1S/C18H19N5O3/c1-12-15(10-21-26-12)18(24)23-7-5-22(6-8-23)13-3-4-16-14(9-13)17(25-2)20-11-19-16/h3-4,9-11H,5-8H2,1-2H3. The fourth-order valence-corrected chi connectivity index (χ4v) is 3.22. The molecule has 134 valence electrons. The van der Waals surface area contributed by atoms with Crippen LogP contribution in [0.3, 0.4) is 0 Å². The first-order valence-corrected chi connectivity index (χ1v) is 8.41.